The fourth-order valence-electron chi connectivity index (χ4n) is 2.10. The van der Waals surface area contributed by atoms with Crippen LogP contribution in [-0.4, -0.2) is 62.3 Å². The SMILES string of the molecule is CN1CC2CN(C)CC(C1)O2. The van der Waals surface area contributed by atoms with Crippen LogP contribution in [0.5, 0.6) is 0 Å². The van der Waals surface area contributed by atoms with Gasteiger partial charge in [0.2, 0.25) is 0 Å². The average molecular weight is 156 g/mol. The number of ether oxygens (including phenoxy) is 1. The first-order valence-corrected chi connectivity index (χ1v) is 4.26. The molecule has 11 heavy (non-hydrogen) atoms. The van der Waals surface area contributed by atoms with Crippen molar-refractivity contribution in [1.29, 1.82) is 0 Å². The first-order chi connectivity index (χ1) is 5.24. The number of hydrogen-bond acceptors (Lipinski definition) is 3. The van der Waals surface area contributed by atoms with Gasteiger partial charge in [-0.25, -0.2) is 0 Å². The smallest absolute Gasteiger partial charge is 0.0833 e. The molecule has 2 rings (SSSR count). The Hall–Kier alpha value is -0.120. The van der Waals surface area contributed by atoms with Crippen molar-refractivity contribution in [1.82, 2.24) is 9.80 Å². The summed E-state index contributed by atoms with van der Waals surface area (Å²) in [6, 6.07) is 0. The zero-order valence-electron chi connectivity index (χ0n) is 7.29. The van der Waals surface area contributed by atoms with E-state index in [0.29, 0.717) is 12.2 Å². The highest BCUT2D eigenvalue weighted by Crippen LogP contribution is 2.16. The van der Waals surface area contributed by atoms with Gasteiger partial charge in [0.25, 0.3) is 0 Å². The van der Waals surface area contributed by atoms with Crippen LogP contribution in [0, 0.1) is 0 Å². The molecule has 0 aromatic heterocycles. The summed E-state index contributed by atoms with van der Waals surface area (Å²) < 4.78 is 5.78. The van der Waals surface area contributed by atoms with E-state index >= 15 is 0 Å². The van der Waals surface area contributed by atoms with Crippen molar-refractivity contribution in [2.24, 2.45) is 0 Å². The average Bonchev–Trinajstić information content (AvgIpc) is 1.82. The first kappa shape index (κ1) is 7.53. The van der Waals surface area contributed by atoms with Gasteiger partial charge in [0.1, 0.15) is 0 Å². The maximum absolute atomic E-state index is 5.78. The largest absolute Gasteiger partial charge is 0.370 e. The molecule has 0 aliphatic carbocycles. The molecular weight excluding hydrogens is 140 g/mol. The molecule has 0 unspecified atom stereocenters. The minimum atomic E-state index is 0.456. The summed E-state index contributed by atoms with van der Waals surface area (Å²) in [7, 11) is 4.35. The molecule has 0 radical (unpaired) electrons. The van der Waals surface area contributed by atoms with Crippen molar-refractivity contribution >= 4 is 0 Å². The number of fused-ring (bicyclic) bond motifs is 2. The fraction of sp³-hybridized carbons (Fsp3) is 1.00. The summed E-state index contributed by atoms with van der Waals surface area (Å²) >= 11 is 0. The van der Waals surface area contributed by atoms with Crippen LogP contribution in [0.15, 0.2) is 0 Å². The van der Waals surface area contributed by atoms with E-state index in [-0.39, 0.29) is 0 Å². The Morgan fingerprint density at radius 3 is 1.64 bits per heavy atom. The minimum absolute atomic E-state index is 0.456. The van der Waals surface area contributed by atoms with Crippen molar-refractivity contribution in [2.75, 3.05) is 40.3 Å². The van der Waals surface area contributed by atoms with Crippen molar-refractivity contribution in [3.63, 3.8) is 0 Å². The molecule has 0 saturated carbocycles. The van der Waals surface area contributed by atoms with Gasteiger partial charge >= 0.3 is 0 Å². The van der Waals surface area contributed by atoms with Crippen LogP contribution in [0.1, 0.15) is 0 Å². The molecule has 2 heterocycles. The second-order valence-corrected chi connectivity index (χ2v) is 3.82. The predicted molar refractivity (Wildman–Crippen MR) is 43.7 cm³/mol. The number of hydrogen-bond donors (Lipinski definition) is 0. The zero-order chi connectivity index (χ0) is 7.84. The van der Waals surface area contributed by atoms with Gasteiger partial charge in [-0.15, -0.1) is 0 Å². The second kappa shape index (κ2) is 2.73. The lowest BCUT2D eigenvalue weighted by Gasteiger charge is -2.43. The zero-order valence-corrected chi connectivity index (χ0v) is 7.29. The van der Waals surface area contributed by atoms with E-state index in [1.54, 1.807) is 0 Å². The van der Waals surface area contributed by atoms with Crippen molar-refractivity contribution < 1.29 is 4.74 Å². The second-order valence-electron chi connectivity index (χ2n) is 3.82. The topological polar surface area (TPSA) is 15.7 Å². The van der Waals surface area contributed by atoms with Crippen LogP contribution >= 0.6 is 0 Å². The quantitative estimate of drug-likeness (QED) is 0.476. The molecule has 0 N–H and O–H groups in total. The molecule has 0 aromatic rings. The Kier molecular flexibility index (Phi) is 1.87. The number of likely N-dealkylation sites (N-methyl/N-ethyl adjacent to an activating group) is 2. The van der Waals surface area contributed by atoms with Crippen molar-refractivity contribution in [2.45, 2.75) is 12.2 Å². The Bertz CT molecular complexity index is 118. The minimum Gasteiger partial charge on any atom is -0.370 e. The summed E-state index contributed by atoms with van der Waals surface area (Å²) in [6.07, 6.45) is 0.912. The number of nitrogens with zero attached hydrogens (tertiary/aromatic N) is 2. The van der Waals surface area contributed by atoms with E-state index in [1.807, 2.05) is 0 Å². The predicted octanol–water partition coefficient (Wildman–Crippen LogP) is -0.369. The summed E-state index contributed by atoms with van der Waals surface area (Å²) in [5.74, 6) is 0. The van der Waals surface area contributed by atoms with Crippen molar-refractivity contribution in [3.8, 4) is 0 Å². The van der Waals surface area contributed by atoms with Gasteiger partial charge in [-0.3, -0.25) is 0 Å². The van der Waals surface area contributed by atoms with Gasteiger partial charge in [0.05, 0.1) is 12.2 Å². The summed E-state index contributed by atoms with van der Waals surface area (Å²) in [6.45, 7) is 4.39. The maximum atomic E-state index is 5.78. The van der Waals surface area contributed by atoms with E-state index in [4.69, 9.17) is 4.74 Å². The third-order valence-electron chi connectivity index (χ3n) is 2.45. The molecule has 3 heteroatoms. The van der Waals surface area contributed by atoms with E-state index in [9.17, 15) is 0 Å². The van der Waals surface area contributed by atoms with Crippen LogP contribution in [0.4, 0.5) is 0 Å². The van der Waals surface area contributed by atoms with Gasteiger partial charge in [-0.1, -0.05) is 0 Å². The van der Waals surface area contributed by atoms with E-state index in [2.05, 4.69) is 23.9 Å². The lowest BCUT2D eigenvalue weighted by Crippen LogP contribution is -2.57. The Balaban J connectivity index is 2.00. The molecule has 3 nitrogen and oxygen atoms in total. The molecule has 0 aromatic carbocycles. The molecule has 64 valence electrons. The van der Waals surface area contributed by atoms with Gasteiger partial charge < -0.3 is 14.5 Å². The highest BCUT2D eigenvalue weighted by Gasteiger charge is 2.31. The van der Waals surface area contributed by atoms with E-state index < -0.39 is 0 Å². The molecule has 2 bridgehead atoms. The van der Waals surface area contributed by atoms with Gasteiger partial charge in [-0.2, -0.15) is 0 Å². The van der Waals surface area contributed by atoms with E-state index in [1.165, 1.54) is 0 Å². The standard InChI is InChI=1S/C8H16N2O/c1-9-3-7-5-10(2)6-8(4-9)11-7/h7-8H,3-6H2,1-2H3. The van der Waals surface area contributed by atoms with Gasteiger partial charge in [0, 0.05) is 26.2 Å². The number of morpholine rings is 2. The summed E-state index contributed by atoms with van der Waals surface area (Å²) in [5.41, 5.74) is 0. The fourth-order valence-corrected chi connectivity index (χ4v) is 2.10. The van der Waals surface area contributed by atoms with Crippen molar-refractivity contribution in [3.05, 3.63) is 0 Å². The Morgan fingerprint density at radius 2 is 1.27 bits per heavy atom. The third kappa shape index (κ3) is 1.55. The van der Waals surface area contributed by atoms with Crippen LogP contribution in [0.3, 0.4) is 0 Å². The van der Waals surface area contributed by atoms with Crippen LogP contribution in [0.25, 0.3) is 0 Å². The van der Waals surface area contributed by atoms with Crippen LogP contribution in [0.2, 0.25) is 0 Å². The van der Waals surface area contributed by atoms with Crippen LogP contribution < -0.4 is 0 Å². The molecule has 2 aliphatic heterocycles. The normalized spacial score (nSPS) is 40.9. The molecule has 0 atom stereocenters. The number of rotatable bonds is 0. The molecule has 2 saturated heterocycles. The monoisotopic (exact) mass is 156 g/mol. The Morgan fingerprint density at radius 1 is 0.909 bits per heavy atom. The summed E-state index contributed by atoms with van der Waals surface area (Å²) in [5, 5.41) is 0. The lowest BCUT2D eigenvalue weighted by atomic mass is 10.1. The van der Waals surface area contributed by atoms with Crippen LogP contribution in [-0.2, 0) is 4.74 Å². The first-order valence-electron chi connectivity index (χ1n) is 4.26. The molecule has 2 fully saturated rings. The maximum Gasteiger partial charge on any atom is 0.0833 e. The third-order valence-corrected chi connectivity index (χ3v) is 2.45. The lowest BCUT2D eigenvalue weighted by molar-refractivity contribution is -0.128. The highest BCUT2D eigenvalue weighted by molar-refractivity contribution is 4.84. The molecule has 0 amide bonds. The molecule has 2 aliphatic rings. The molecular formula is C8H16N2O. The molecule has 0 spiro atoms. The highest BCUT2D eigenvalue weighted by atomic mass is 16.5. The van der Waals surface area contributed by atoms with Gasteiger partial charge in [0.15, 0.2) is 0 Å². The summed E-state index contributed by atoms with van der Waals surface area (Å²) in [4.78, 5) is 4.73. The van der Waals surface area contributed by atoms with Gasteiger partial charge in [-0.05, 0) is 14.1 Å². The van der Waals surface area contributed by atoms with E-state index in [0.717, 1.165) is 26.2 Å². The Labute approximate surface area is 67.9 Å².